The third kappa shape index (κ3) is 3.88. The molecular weight excluding hydrogens is 186 g/mol. The number of rotatable bonds is 4. The van der Waals surface area contributed by atoms with Crippen molar-refractivity contribution in [2.75, 3.05) is 6.54 Å². The zero-order valence-corrected chi connectivity index (χ0v) is 9.14. The van der Waals surface area contributed by atoms with E-state index in [0.29, 0.717) is 6.54 Å². The van der Waals surface area contributed by atoms with Gasteiger partial charge in [-0.05, 0) is 36.9 Å². The molecule has 0 atom stereocenters. The lowest BCUT2D eigenvalue weighted by atomic mass is 10.1. The number of azide groups is 1. The summed E-state index contributed by atoms with van der Waals surface area (Å²) < 4.78 is 0. The molecule has 0 unspecified atom stereocenters. The fraction of sp³-hybridized carbons (Fsp3) is 0.333. The Bertz CT molecular complexity index is 401. The quantitative estimate of drug-likeness (QED) is 0.306. The van der Waals surface area contributed by atoms with E-state index in [4.69, 9.17) is 5.53 Å². The first-order chi connectivity index (χ1) is 7.24. The number of aryl methyl sites for hydroxylation is 2. The van der Waals surface area contributed by atoms with Gasteiger partial charge in [0.05, 0.1) is 0 Å². The lowest BCUT2D eigenvalue weighted by Crippen LogP contribution is -1.82. The highest BCUT2D eigenvalue weighted by Crippen LogP contribution is 2.12. The molecule has 1 aromatic rings. The van der Waals surface area contributed by atoms with Crippen LogP contribution in [0.5, 0.6) is 0 Å². The summed E-state index contributed by atoms with van der Waals surface area (Å²) in [7, 11) is 0. The minimum absolute atomic E-state index is 0.526. The zero-order valence-electron chi connectivity index (χ0n) is 9.14. The first-order valence-electron chi connectivity index (χ1n) is 4.98. The van der Waals surface area contributed by atoms with Crippen LogP contribution < -0.4 is 0 Å². The Kier molecular flexibility index (Phi) is 4.45. The van der Waals surface area contributed by atoms with Crippen LogP contribution in [0.15, 0.2) is 29.4 Å². The van der Waals surface area contributed by atoms with E-state index in [0.717, 1.165) is 6.42 Å². The van der Waals surface area contributed by atoms with Gasteiger partial charge in [-0.2, -0.15) is 0 Å². The van der Waals surface area contributed by atoms with Crippen molar-refractivity contribution in [2.45, 2.75) is 20.3 Å². The van der Waals surface area contributed by atoms with Crippen molar-refractivity contribution in [3.63, 3.8) is 0 Å². The molecule has 0 aliphatic rings. The third-order valence-corrected chi connectivity index (χ3v) is 2.18. The van der Waals surface area contributed by atoms with Gasteiger partial charge >= 0.3 is 0 Å². The van der Waals surface area contributed by atoms with Gasteiger partial charge in [-0.1, -0.05) is 41.0 Å². The topological polar surface area (TPSA) is 48.8 Å². The van der Waals surface area contributed by atoms with Crippen LogP contribution in [0, 0.1) is 13.8 Å². The molecular formula is C12H15N3. The Morgan fingerprint density at radius 3 is 2.87 bits per heavy atom. The van der Waals surface area contributed by atoms with Crippen molar-refractivity contribution >= 4 is 6.08 Å². The first kappa shape index (κ1) is 11.3. The normalized spacial score (nSPS) is 10.3. The van der Waals surface area contributed by atoms with Crippen LogP contribution in [0.25, 0.3) is 16.5 Å². The number of hydrogen-bond donors (Lipinski definition) is 0. The molecule has 0 aromatic heterocycles. The predicted molar refractivity (Wildman–Crippen MR) is 63.6 cm³/mol. The summed E-state index contributed by atoms with van der Waals surface area (Å²) in [6, 6.07) is 6.36. The standard InChI is InChI=1S/C12H15N3/c1-10-6-7-12(11(2)9-10)5-3-4-8-14-15-13/h3,5-7,9H,4,8H2,1-2H3. The van der Waals surface area contributed by atoms with Crippen molar-refractivity contribution in [1.29, 1.82) is 0 Å². The molecule has 3 nitrogen and oxygen atoms in total. The first-order valence-corrected chi connectivity index (χ1v) is 4.98. The molecule has 1 rings (SSSR count). The lowest BCUT2D eigenvalue weighted by Gasteiger charge is -2.01. The Labute approximate surface area is 90.1 Å². The average Bonchev–Trinajstić information content (AvgIpc) is 2.20. The molecule has 3 heteroatoms. The maximum absolute atomic E-state index is 8.09. The van der Waals surface area contributed by atoms with Crippen LogP contribution >= 0.6 is 0 Å². The second-order valence-electron chi connectivity index (χ2n) is 3.51. The van der Waals surface area contributed by atoms with E-state index in [-0.39, 0.29) is 0 Å². The van der Waals surface area contributed by atoms with Crippen LogP contribution in [0.4, 0.5) is 0 Å². The largest absolute Gasteiger partial charge is 0.0937 e. The molecule has 0 saturated heterocycles. The summed E-state index contributed by atoms with van der Waals surface area (Å²) >= 11 is 0. The molecule has 0 amide bonds. The summed E-state index contributed by atoms with van der Waals surface area (Å²) in [6.07, 6.45) is 4.89. The van der Waals surface area contributed by atoms with Gasteiger partial charge in [0.15, 0.2) is 0 Å². The molecule has 0 aliphatic carbocycles. The van der Waals surface area contributed by atoms with Crippen molar-refractivity contribution in [3.05, 3.63) is 51.4 Å². The van der Waals surface area contributed by atoms with Gasteiger partial charge < -0.3 is 0 Å². The summed E-state index contributed by atoms with van der Waals surface area (Å²) in [5.41, 5.74) is 11.9. The van der Waals surface area contributed by atoms with Gasteiger partial charge in [0, 0.05) is 11.5 Å². The zero-order chi connectivity index (χ0) is 11.1. The van der Waals surface area contributed by atoms with Crippen molar-refractivity contribution in [1.82, 2.24) is 0 Å². The fourth-order valence-electron chi connectivity index (χ4n) is 1.40. The number of nitrogens with zero attached hydrogens (tertiary/aromatic N) is 3. The maximum atomic E-state index is 8.09. The molecule has 78 valence electrons. The maximum Gasteiger partial charge on any atom is 0.0292 e. The second-order valence-corrected chi connectivity index (χ2v) is 3.51. The molecule has 0 N–H and O–H groups in total. The highest BCUT2D eigenvalue weighted by Gasteiger charge is 1.93. The Morgan fingerprint density at radius 1 is 1.40 bits per heavy atom. The van der Waals surface area contributed by atoms with E-state index in [1.807, 2.05) is 6.08 Å². The van der Waals surface area contributed by atoms with Gasteiger partial charge in [-0.15, -0.1) is 0 Å². The van der Waals surface area contributed by atoms with Gasteiger partial charge in [0.2, 0.25) is 0 Å². The fourth-order valence-corrected chi connectivity index (χ4v) is 1.40. The second kappa shape index (κ2) is 5.89. The minimum Gasteiger partial charge on any atom is -0.0937 e. The highest BCUT2D eigenvalue weighted by atomic mass is 15.1. The molecule has 0 heterocycles. The van der Waals surface area contributed by atoms with Crippen molar-refractivity contribution in [2.24, 2.45) is 5.11 Å². The summed E-state index contributed by atoms with van der Waals surface area (Å²) in [6.45, 7) is 4.71. The Morgan fingerprint density at radius 2 is 2.20 bits per heavy atom. The van der Waals surface area contributed by atoms with E-state index in [1.165, 1.54) is 16.7 Å². The molecule has 0 aliphatic heterocycles. The van der Waals surface area contributed by atoms with Crippen LogP contribution in [0.3, 0.4) is 0 Å². The van der Waals surface area contributed by atoms with Crippen LogP contribution in [0.2, 0.25) is 0 Å². The number of hydrogen-bond acceptors (Lipinski definition) is 1. The average molecular weight is 201 g/mol. The molecule has 0 fully saturated rings. The summed E-state index contributed by atoms with van der Waals surface area (Å²) in [4.78, 5) is 2.70. The molecule has 0 bridgehead atoms. The van der Waals surface area contributed by atoms with E-state index in [1.54, 1.807) is 0 Å². The minimum atomic E-state index is 0.526. The van der Waals surface area contributed by atoms with E-state index in [9.17, 15) is 0 Å². The summed E-state index contributed by atoms with van der Waals surface area (Å²) in [5, 5.41) is 3.47. The van der Waals surface area contributed by atoms with Crippen LogP contribution in [-0.4, -0.2) is 6.54 Å². The smallest absolute Gasteiger partial charge is 0.0292 e. The monoisotopic (exact) mass is 201 g/mol. The van der Waals surface area contributed by atoms with E-state index in [2.05, 4.69) is 48.1 Å². The van der Waals surface area contributed by atoms with Gasteiger partial charge in [0.1, 0.15) is 0 Å². The lowest BCUT2D eigenvalue weighted by molar-refractivity contribution is 0.995. The van der Waals surface area contributed by atoms with Gasteiger partial charge in [-0.3, -0.25) is 0 Å². The third-order valence-electron chi connectivity index (χ3n) is 2.18. The van der Waals surface area contributed by atoms with Crippen LogP contribution in [-0.2, 0) is 0 Å². The van der Waals surface area contributed by atoms with Crippen molar-refractivity contribution in [3.8, 4) is 0 Å². The highest BCUT2D eigenvalue weighted by molar-refractivity contribution is 5.54. The van der Waals surface area contributed by atoms with Gasteiger partial charge in [0.25, 0.3) is 0 Å². The molecule has 0 saturated carbocycles. The molecule has 15 heavy (non-hydrogen) atoms. The molecule has 1 aromatic carbocycles. The van der Waals surface area contributed by atoms with Crippen LogP contribution in [0.1, 0.15) is 23.1 Å². The predicted octanol–water partition coefficient (Wildman–Crippen LogP) is 4.02. The Balaban J connectivity index is 2.60. The molecule has 0 radical (unpaired) electrons. The summed E-state index contributed by atoms with van der Waals surface area (Å²) in [5.74, 6) is 0. The number of benzene rings is 1. The van der Waals surface area contributed by atoms with E-state index < -0.39 is 0 Å². The van der Waals surface area contributed by atoms with Crippen molar-refractivity contribution < 1.29 is 0 Å². The molecule has 0 spiro atoms. The van der Waals surface area contributed by atoms with Gasteiger partial charge in [-0.25, -0.2) is 0 Å². The SMILES string of the molecule is Cc1ccc(C=CCCN=[N+]=[N-])c(C)c1. The Hall–Kier alpha value is -1.73. The van der Waals surface area contributed by atoms with E-state index >= 15 is 0 Å².